The second kappa shape index (κ2) is 9.52. The van der Waals surface area contributed by atoms with Crippen molar-refractivity contribution < 1.29 is 18.3 Å². The summed E-state index contributed by atoms with van der Waals surface area (Å²) in [6, 6.07) is 9.71. The summed E-state index contributed by atoms with van der Waals surface area (Å²) < 4.78 is 32.4. The number of hydrogen-bond acceptors (Lipinski definition) is 3. The number of allylic oxidation sites excluding steroid dienone is 1. The molecule has 0 saturated carbocycles. The van der Waals surface area contributed by atoms with Crippen LogP contribution < -0.4 is 4.74 Å². The van der Waals surface area contributed by atoms with Crippen molar-refractivity contribution in [3.63, 3.8) is 0 Å². The summed E-state index contributed by atoms with van der Waals surface area (Å²) >= 11 is 0. The lowest BCUT2D eigenvalue weighted by atomic mass is 9.89. The molecule has 1 aliphatic carbocycles. The lowest BCUT2D eigenvalue weighted by molar-refractivity contribution is 0.0835. The predicted molar refractivity (Wildman–Crippen MR) is 114 cm³/mol. The number of likely N-dealkylation sites (tertiary alicyclic amines) is 1. The number of fused-ring (bicyclic) bond motifs is 1. The van der Waals surface area contributed by atoms with Crippen LogP contribution in [0.3, 0.4) is 0 Å². The number of nitrogens with zero attached hydrogens (tertiary/aromatic N) is 1. The second-order valence-electron chi connectivity index (χ2n) is 8.11. The molecule has 1 heterocycles. The van der Waals surface area contributed by atoms with Gasteiger partial charge in [0.05, 0.1) is 6.61 Å². The van der Waals surface area contributed by atoms with Crippen LogP contribution in [0.5, 0.6) is 5.75 Å². The Labute approximate surface area is 176 Å². The van der Waals surface area contributed by atoms with Crippen LogP contribution in [0.25, 0.3) is 6.08 Å². The van der Waals surface area contributed by atoms with Crippen molar-refractivity contribution >= 4 is 11.9 Å². The minimum atomic E-state index is -0.964. The maximum absolute atomic E-state index is 13.4. The number of aryl methyl sites for hydroxylation is 1. The van der Waals surface area contributed by atoms with Gasteiger partial charge in [0.2, 0.25) is 0 Å². The van der Waals surface area contributed by atoms with Gasteiger partial charge >= 0.3 is 0 Å². The molecule has 158 valence electrons. The first-order valence-corrected chi connectivity index (χ1v) is 10.7. The molecule has 0 radical (unpaired) electrons. The van der Waals surface area contributed by atoms with Gasteiger partial charge in [-0.25, -0.2) is 8.78 Å². The van der Waals surface area contributed by atoms with E-state index < -0.39 is 11.6 Å². The Morgan fingerprint density at radius 1 is 1.07 bits per heavy atom. The number of piperidine rings is 1. The fourth-order valence-electron chi connectivity index (χ4n) is 4.28. The Bertz CT molecular complexity index is 933. The lowest BCUT2D eigenvalue weighted by Crippen LogP contribution is -2.37. The lowest BCUT2D eigenvalue weighted by Gasteiger charge is -2.31. The standard InChI is InChI=1S/C25H27F2NO2/c26-23-9-7-21(17-24(23)27)25(29)19-10-13-28(14-11-19)12-3-15-30-22-8-6-18-4-1-2-5-20(18)16-22/h1,4,6-9,16-17,19H,2-3,5,10-15H2. The Hall–Kier alpha value is -2.53. The van der Waals surface area contributed by atoms with Gasteiger partial charge in [-0.3, -0.25) is 4.79 Å². The van der Waals surface area contributed by atoms with Crippen LogP contribution in [-0.4, -0.2) is 36.9 Å². The molecular formula is C25H27F2NO2. The number of ketones is 1. The van der Waals surface area contributed by atoms with E-state index in [1.165, 1.54) is 17.2 Å². The number of carbonyl (C=O) groups is 1. The van der Waals surface area contributed by atoms with Crippen molar-refractivity contribution in [2.24, 2.45) is 5.92 Å². The number of ether oxygens (including phenoxy) is 1. The molecule has 0 atom stereocenters. The van der Waals surface area contributed by atoms with Crippen molar-refractivity contribution in [1.29, 1.82) is 0 Å². The van der Waals surface area contributed by atoms with Crippen LogP contribution in [0.1, 0.15) is 47.2 Å². The fourth-order valence-corrected chi connectivity index (χ4v) is 4.28. The van der Waals surface area contributed by atoms with Crippen LogP contribution in [0.2, 0.25) is 0 Å². The third-order valence-corrected chi connectivity index (χ3v) is 6.04. The van der Waals surface area contributed by atoms with Crippen LogP contribution in [0.4, 0.5) is 8.78 Å². The van der Waals surface area contributed by atoms with Crippen molar-refractivity contribution in [2.45, 2.75) is 32.1 Å². The second-order valence-corrected chi connectivity index (χ2v) is 8.11. The van der Waals surface area contributed by atoms with Gasteiger partial charge in [-0.1, -0.05) is 18.2 Å². The molecule has 4 rings (SSSR count). The van der Waals surface area contributed by atoms with Crippen LogP contribution in [0.15, 0.2) is 42.5 Å². The molecular weight excluding hydrogens is 384 g/mol. The zero-order valence-corrected chi connectivity index (χ0v) is 17.1. The highest BCUT2D eigenvalue weighted by Gasteiger charge is 2.26. The van der Waals surface area contributed by atoms with E-state index in [2.05, 4.69) is 29.2 Å². The molecule has 30 heavy (non-hydrogen) atoms. The quantitative estimate of drug-likeness (QED) is 0.458. The zero-order chi connectivity index (χ0) is 20.9. The minimum absolute atomic E-state index is 0.0841. The van der Waals surface area contributed by atoms with Gasteiger partial charge in [0.25, 0.3) is 0 Å². The van der Waals surface area contributed by atoms with E-state index in [1.807, 2.05) is 6.07 Å². The van der Waals surface area contributed by atoms with Crippen molar-refractivity contribution in [1.82, 2.24) is 4.90 Å². The maximum Gasteiger partial charge on any atom is 0.166 e. The topological polar surface area (TPSA) is 29.5 Å². The third kappa shape index (κ3) is 4.96. The monoisotopic (exact) mass is 411 g/mol. The molecule has 5 heteroatoms. The van der Waals surface area contributed by atoms with Gasteiger partial charge in [0, 0.05) is 18.0 Å². The largest absolute Gasteiger partial charge is 0.494 e. The Morgan fingerprint density at radius 3 is 2.70 bits per heavy atom. The molecule has 2 aromatic carbocycles. The molecule has 1 fully saturated rings. The number of benzene rings is 2. The first-order chi connectivity index (χ1) is 14.6. The summed E-state index contributed by atoms with van der Waals surface area (Å²) in [6.45, 7) is 3.28. The summed E-state index contributed by atoms with van der Waals surface area (Å²) in [5.74, 6) is -1.16. The third-order valence-electron chi connectivity index (χ3n) is 6.04. The van der Waals surface area contributed by atoms with E-state index in [0.29, 0.717) is 6.61 Å². The first kappa shape index (κ1) is 20.7. The van der Waals surface area contributed by atoms with Crippen LogP contribution >= 0.6 is 0 Å². The fraction of sp³-hybridized carbons (Fsp3) is 0.400. The Kier molecular flexibility index (Phi) is 6.58. The molecule has 2 aromatic rings. The van der Waals surface area contributed by atoms with Crippen molar-refractivity contribution in [2.75, 3.05) is 26.2 Å². The number of rotatable bonds is 7. The molecule has 0 amide bonds. The molecule has 0 bridgehead atoms. The van der Waals surface area contributed by atoms with Crippen molar-refractivity contribution in [3.8, 4) is 5.75 Å². The minimum Gasteiger partial charge on any atom is -0.494 e. The van der Waals surface area contributed by atoms with Gasteiger partial charge in [-0.15, -0.1) is 0 Å². The van der Waals surface area contributed by atoms with Crippen molar-refractivity contribution in [3.05, 3.63) is 70.8 Å². The van der Waals surface area contributed by atoms with Gasteiger partial charge in [0.15, 0.2) is 17.4 Å². The highest BCUT2D eigenvalue weighted by atomic mass is 19.2. The average Bonchev–Trinajstić information content (AvgIpc) is 2.78. The van der Waals surface area contributed by atoms with Gasteiger partial charge in [-0.2, -0.15) is 0 Å². The van der Waals surface area contributed by atoms with E-state index in [0.717, 1.165) is 69.6 Å². The van der Waals surface area contributed by atoms with E-state index in [9.17, 15) is 13.6 Å². The molecule has 1 saturated heterocycles. The summed E-state index contributed by atoms with van der Waals surface area (Å²) in [5, 5.41) is 0. The molecule has 0 spiro atoms. The Balaban J connectivity index is 1.18. The predicted octanol–water partition coefficient (Wildman–Crippen LogP) is 5.29. The van der Waals surface area contributed by atoms with Crippen LogP contribution in [-0.2, 0) is 6.42 Å². The maximum atomic E-state index is 13.4. The molecule has 3 nitrogen and oxygen atoms in total. The van der Waals surface area contributed by atoms with Gasteiger partial charge in [0.1, 0.15) is 5.75 Å². The summed E-state index contributed by atoms with van der Waals surface area (Å²) in [5.41, 5.74) is 2.90. The molecule has 1 aliphatic heterocycles. The average molecular weight is 411 g/mol. The summed E-state index contributed by atoms with van der Waals surface area (Å²) in [6.07, 6.45) is 8.96. The van der Waals surface area contributed by atoms with Gasteiger partial charge in [-0.05, 0) is 86.7 Å². The highest BCUT2D eigenvalue weighted by Crippen LogP contribution is 2.25. The molecule has 0 N–H and O–H groups in total. The normalized spacial score (nSPS) is 17.0. The first-order valence-electron chi connectivity index (χ1n) is 10.7. The van der Waals surface area contributed by atoms with E-state index >= 15 is 0 Å². The number of Topliss-reactive ketones (excluding diaryl/α,β-unsaturated/α-hetero) is 1. The summed E-state index contributed by atoms with van der Waals surface area (Å²) in [4.78, 5) is 14.9. The van der Waals surface area contributed by atoms with Gasteiger partial charge < -0.3 is 9.64 Å². The smallest absolute Gasteiger partial charge is 0.166 e. The molecule has 0 unspecified atom stereocenters. The number of hydrogen-bond donors (Lipinski definition) is 0. The van der Waals surface area contributed by atoms with E-state index in [4.69, 9.17) is 4.74 Å². The number of carbonyl (C=O) groups excluding carboxylic acids is 1. The van der Waals surface area contributed by atoms with Crippen LogP contribution in [0, 0.1) is 17.6 Å². The number of halogens is 2. The van der Waals surface area contributed by atoms with E-state index in [-0.39, 0.29) is 17.3 Å². The summed E-state index contributed by atoms with van der Waals surface area (Å²) in [7, 11) is 0. The SMILES string of the molecule is O=C(c1ccc(F)c(F)c1)C1CCN(CCCOc2ccc3c(c2)CCC=C3)CC1. The van der Waals surface area contributed by atoms with E-state index in [1.54, 1.807) is 0 Å². The highest BCUT2D eigenvalue weighted by molar-refractivity contribution is 5.97. The molecule has 0 aromatic heterocycles. The molecule has 2 aliphatic rings. The zero-order valence-electron chi connectivity index (χ0n) is 17.1. The Morgan fingerprint density at radius 2 is 1.90 bits per heavy atom.